The first kappa shape index (κ1) is 32.2. The first-order chi connectivity index (χ1) is 23.7. The molecule has 0 radical (unpaired) electrons. The van der Waals surface area contributed by atoms with E-state index in [0.717, 1.165) is 32.4 Å². The van der Waals surface area contributed by atoms with E-state index in [1.165, 1.54) is 12.3 Å². The molecule has 4 fully saturated rings. The molecule has 2 aromatic carbocycles. The van der Waals surface area contributed by atoms with Crippen LogP contribution in [-0.2, 0) is 4.79 Å². The van der Waals surface area contributed by atoms with Crippen molar-refractivity contribution < 1.29 is 22.7 Å². The van der Waals surface area contributed by atoms with Crippen LogP contribution in [0.4, 0.5) is 19.0 Å². The van der Waals surface area contributed by atoms with E-state index in [-0.39, 0.29) is 46.8 Å². The lowest BCUT2D eigenvalue weighted by molar-refractivity contribution is -0.125. The number of nitrogens with zero attached hydrogens (tertiary/aromatic N) is 6. The first-order valence-electron chi connectivity index (χ1n) is 16.9. The smallest absolute Gasteiger partial charge is 0.319 e. The Labute approximate surface area is 287 Å². The number of amides is 1. The number of fused-ring (bicyclic) bond motifs is 3. The SMILES string of the molecule is CN(c1nc(OC[C@@]23CCCN2CC(F)C3)nc2c(F)c(-c3cccc4ccc(F)c(Cl)c34)ncc12)[C@@H]1CCN(C(=O)/C=C/C2CCN2)C1. The Morgan fingerprint density at radius 2 is 2.04 bits per heavy atom. The van der Waals surface area contributed by atoms with Crippen molar-refractivity contribution in [2.24, 2.45) is 0 Å². The predicted molar refractivity (Wildman–Crippen MR) is 183 cm³/mol. The van der Waals surface area contributed by atoms with E-state index in [9.17, 15) is 13.6 Å². The van der Waals surface area contributed by atoms with Gasteiger partial charge in [0, 0.05) is 68.4 Å². The summed E-state index contributed by atoms with van der Waals surface area (Å²) < 4.78 is 52.2. The van der Waals surface area contributed by atoms with Crippen LogP contribution in [0, 0.1) is 11.6 Å². The second kappa shape index (κ2) is 12.7. The maximum absolute atomic E-state index is 16.8. The van der Waals surface area contributed by atoms with Crippen molar-refractivity contribution in [3.8, 4) is 17.3 Å². The van der Waals surface area contributed by atoms with Gasteiger partial charge in [-0.3, -0.25) is 14.7 Å². The fourth-order valence-corrected chi connectivity index (χ4v) is 8.18. The number of likely N-dealkylation sites (tertiary alicyclic amines) is 1. The van der Waals surface area contributed by atoms with Gasteiger partial charge in [-0.1, -0.05) is 41.9 Å². The highest BCUT2D eigenvalue weighted by molar-refractivity contribution is 6.36. The number of benzene rings is 2. The molecule has 0 bridgehead atoms. The minimum atomic E-state index is -0.931. The molecule has 1 N–H and O–H groups in total. The van der Waals surface area contributed by atoms with Crippen molar-refractivity contribution in [3.63, 3.8) is 0 Å². The molecule has 1 amide bonds. The van der Waals surface area contributed by atoms with Gasteiger partial charge in [-0.05, 0) is 50.2 Å². The molecule has 0 aliphatic carbocycles. The normalized spacial score (nSPS) is 25.4. The van der Waals surface area contributed by atoms with Gasteiger partial charge in [0.15, 0.2) is 5.82 Å². The fraction of sp³-hybridized carbons (Fsp3) is 0.444. The molecular formula is C36H37ClF3N7O2. The van der Waals surface area contributed by atoms with Gasteiger partial charge in [0.25, 0.3) is 0 Å². The number of ether oxygens (including phenoxy) is 1. The first-order valence-corrected chi connectivity index (χ1v) is 17.3. The summed E-state index contributed by atoms with van der Waals surface area (Å²) in [4.78, 5) is 32.7. The highest BCUT2D eigenvalue weighted by Gasteiger charge is 2.49. The lowest BCUT2D eigenvalue weighted by Crippen LogP contribution is -2.43. The summed E-state index contributed by atoms with van der Waals surface area (Å²) in [5.74, 6) is -0.988. The average Bonchev–Trinajstić information content (AvgIpc) is 3.79. The summed E-state index contributed by atoms with van der Waals surface area (Å²) in [7, 11) is 1.86. The van der Waals surface area contributed by atoms with Crippen molar-refractivity contribution in [1.82, 2.24) is 30.1 Å². The number of pyridine rings is 1. The third-order valence-corrected chi connectivity index (χ3v) is 11.1. The van der Waals surface area contributed by atoms with E-state index >= 15 is 4.39 Å². The Morgan fingerprint density at radius 3 is 2.86 bits per heavy atom. The highest BCUT2D eigenvalue weighted by atomic mass is 35.5. The molecule has 2 unspecified atom stereocenters. The second-order valence-electron chi connectivity index (χ2n) is 13.7. The van der Waals surface area contributed by atoms with Gasteiger partial charge < -0.3 is 19.9 Å². The summed E-state index contributed by atoms with van der Waals surface area (Å²) in [6.45, 7) is 3.34. The zero-order valence-corrected chi connectivity index (χ0v) is 27.9. The summed E-state index contributed by atoms with van der Waals surface area (Å²) in [5, 5.41) is 4.49. The van der Waals surface area contributed by atoms with E-state index < -0.39 is 23.3 Å². The van der Waals surface area contributed by atoms with Crippen molar-refractivity contribution in [3.05, 3.63) is 65.3 Å². The van der Waals surface area contributed by atoms with Crippen molar-refractivity contribution in [2.75, 3.05) is 51.3 Å². The van der Waals surface area contributed by atoms with Crippen molar-refractivity contribution in [1.29, 1.82) is 0 Å². The number of nitrogens with one attached hydrogen (secondary N) is 1. The van der Waals surface area contributed by atoms with Crippen LogP contribution in [0.1, 0.15) is 32.1 Å². The molecule has 4 atom stereocenters. The van der Waals surface area contributed by atoms with Gasteiger partial charge in [-0.2, -0.15) is 9.97 Å². The van der Waals surface area contributed by atoms with Crippen LogP contribution in [0.15, 0.2) is 48.7 Å². The number of hydrogen-bond acceptors (Lipinski definition) is 8. The van der Waals surface area contributed by atoms with E-state index in [1.54, 1.807) is 35.2 Å². The lowest BCUT2D eigenvalue weighted by Gasteiger charge is -2.31. The molecule has 49 heavy (non-hydrogen) atoms. The molecule has 4 saturated heterocycles. The molecule has 8 rings (SSSR count). The van der Waals surface area contributed by atoms with Crippen LogP contribution in [0.25, 0.3) is 32.9 Å². The highest BCUT2D eigenvalue weighted by Crippen LogP contribution is 2.41. The van der Waals surface area contributed by atoms with Crippen LogP contribution in [0.5, 0.6) is 6.01 Å². The number of aromatic nitrogens is 3. The maximum atomic E-state index is 16.8. The summed E-state index contributed by atoms with van der Waals surface area (Å²) in [5.41, 5.74) is -0.178. The van der Waals surface area contributed by atoms with E-state index in [2.05, 4.69) is 20.2 Å². The molecule has 4 aromatic rings. The van der Waals surface area contributed by atoms with Crippen LogP contribution in [0.3, 0.4) is 0 Å². The predicted octanol–water partition coefficient (Wildman–Crippen LogP) is 5.69. The number of carbonyl (C=O) groups is 1. The van der Waals surface area contributed by atoms with Crippen LogP contribution in [-0.4, -0.2) is 101 Å². The van der Waals surface area contributed by atoms with Gasteiger partial charge >= 0.3 is 6.01 Å². The van der Waals surface area contributed by atoms with Crippen molar-refractivity contribution >= 4 is 45.0 Å². The maximum Gasteiger partial charge on any atom is 0.319 e. The molecule has 6 heterocycles. The molecule has 0 spiro atoms. The standard InChI is InChI=1S/C36H37ClF3N7O2/c1-45(24-11-15-46(19-24)28(48)9-7-23-10-13-41-23)34-26-17-42-32(25-5-2-4-21-6-8-27(39)30(37)29(21)25)31(40)33(26)43-35(44-34)49-20-36-12-3-14-47(36)18-22(38)16-36/h2,4-9,17,22-24,41H,3,10-16,18-20H2,1H3/b9-7+/t22?,23?,24-,36+/m1/s1. The number of halogens is 4. The number of anilines is 1. The summed E-state index contributed by atoms with van der Waals surface area (Å²) in [6, 6.07) is 8.13. The number of carbonyl (C=O) groups excluding carboxylic acids is 1. The molecule has 13 heteroatoms. The van der Waals surface area contributed by atoms with Gasteiger partial charge in [-0.15, -0.1) is 0 Å². The average molecular weight is 692 g/mol. The fourth-order valence-electron chi connectivity index (χ4n) is 7.91. The summed E-state index contributed by atoms with van der Waals surface area (Å²) in [6.07, 6.45) is 7.95. The van der Waals surface area contributed by atoms with E-state index in [4.69, 9.17) is 21.3 Å². The van der Waals surface area contributed by atoms with E-state index in [0.29, 0.717) is 60.0 Å². The minimum Gasteiger partial charge on any atom is -0.461 e. The molecule has 2 aromatic heterocycles. The van der Waals surface area contributed by atoms with Crippen LogP contribution in [0.2, 0.25) is 5.02 Å². The Kier molecular flexibility index (Phi) is 8.36. The Balaban J connectivity index is 1.17. The van der Waals surface area contributed by atoms with Gasteiger partial charge in [0.1, 0.15) is 35.6 Å². The van der Waals surface area contributed by atoms with Gasteiger partial charge in [0.05, 0.1) is 15.9 Å². The largest absolute Gasteiger partial charge is 0.461 e. The number of rotatable bonds is 8. The zero-order chi connectivity index (χ0) is 33.9. The zero-order valence-electron chi connectivity index (χ0n) is 27.1. The second-order valence-corrected chi connectivity index (χ2v) is 14.1. The van der Waals surface area contributed by atoms with Crippen LogP contribution < -0.4 is 15.0 Å². The lowest BCUT2D eigenvalue weighted by atomic mass is 9.95. The van der Waals surface area contributed by atoms with Gasteiger partial charge in [0.2, 0.25) is 5.91 Å². The topological polar surface area (TPSA) is 86.7 Å². The number of alkyl halides is 1. The monoisotopic (exact) mass is 691 g/mol. The minimum absolute atomic E-state index is 0.0150. The Morgan fingerprint density at radius 1 is 1.18 bits per heavy atom. The Hall–Kier alpha value is -4.00. The molecule has 0 saturated carbocycles. The van der Waals surface area contributed by atoms with Gasteiger partial charge in [-0.25, -0.2) is 13.2 Å². The van der Waals surface area contributed by atoms with Crippen molar-refractivity contribution in [2.45, 2.75) is 55.9 Å². The molecule has 256 valence electrons. The summed E-state index contributed by atoms with van der Waals surface area (Å²) >= 11 is 6.41. The van der Waals surface area contributed by atoms with E-state index in [1.807, 2.05) is 18.0 Å². The molecular weight excluding hydrogens is 655 g/mol. The molecule has 4 aliphatic rings. The Bertz CT molecular complexity index is 1980. The third kappa shape index (κ3) is 5.77. The van der Waals surface area contributed by atoms with Crippen LogP contribution >= 0.6 is 11.6 Å². The quantitative estimate of drug-likeness (QED) is 0.236. The number of likely N-dealkylation sites (N-methyl/N-ethyl adjacent to an activating group) is 1. The molecule has 9 nitrogen and oxygen atoms in total. The third-order valence-electron chi connectivity index (χ3n) is 10.8. The number of hydrogen-bond donors (Lipinski definition) is 1. The molecule has 4 aliphatic heterocycles.